The molecule has 1 aromatic rings. The van der Waals surface area contributed by atoms with Crippen molar-refractivity contribution in [1.29, 1.82) is 5.26 Å². The Hall–Kier alpha value is -1.22. The standard InChI is InChI=1S/C13H13F3N2S/c14-13(15,16)10-6-7-18-11(8-17)12(10)19-9-4-2-1-3-5-9/h6-7,9H,1-5H2. The van der Waals surface area contributed by atoms with Gasteiger partial charge in [0.1, 0.15) is 6.07 Å². The van der Waals surface area contributed by atoms with Gasteiger partial charge < -0.3 is 0 Å². The molecule has 1 fully saturated rings. The molecule has 1 saturated carbocycles. The Balaban J connectivity index is 2.33. The molecular formula is C13H13F3N2S. The van der Waals surface area contributed by atoms with E-state index in [1.54, 1.807) is 6.07 Å². The monoisotopic (exact) mass is 286 g/mol. The van der Waals surface area contributed by atoms with Crippen LogP contribution in [-0.2, 0) is 6.18 Å². The summed E-state index contributed by atoms with van der Waals surface area (Å²) in [4.78, 5) is 3.75. The van der Waals surface area contributed by atoms with Gasteiger partial charge >= 0.3 is 6.18 Å². The minimum absolute atomic E-state index is 0.00981. The second-order valence-corrected chi connectivity index (χ2v) is 5.83. The Morgan fingerprint density at radius 2 is 1.95 bits per heavy atom. The maximum Gasteiger partial charge on any atom is 0.417 e. The van der Waals surface area contributed by atoms with Crippen molar-refractivity contribution in [1.82, 2.24) is 4.98 Å². The van der Waals surface area contributed by atoms with Crippen molar-refractivity contribution >= 4 is 11.8 Å². The molecule has 102 valence electrons. The molecule has 1 aliphatic carbocycles. The van der Waals surface area contributed by atoms with Gasteiger partial charge in [0.05, 0.1) is 10.5 Å². The molecule has 0 amide bonds. The van der Waals surface area contributed by atoms with E-state index >= 15 is 0 Å². The van der Waals surface area contributed by atoms with Crippen LogP contribution in [0, 0.1) is 11.3 Å². The number of aromatic nitrogens is 1. The van der Waals surface area contributed by atoms with Crippen LogP contribution in [0.3, 0.4) is 0 Å². The number of alkyl halides is 3. The lowest BCUT2D eigenvalue weighted by Crippen LogP contribution is -2.13. The van der Waals surface area contributed by atoms with Gasteiger partial charge in [-0.15, -0.1) is 11.8 Å². The topological polar surface area (TPSA) is 36.7 Å². The van der Waals surface area contributed by atoms with Crippen LogP contribution in [0.5, 0.6) is 0 Å². The number of pyridine rings is 1. The lowest BCUT2D eigenvalue weighted by Gasteiger charge is -2.22. The van der Waals surface area contributed by atoms with Crippen molar-refractivity contribution in [3.63, 3.8) is 0 Å². The number of nitriles is 1. The molecule has 0 spiro atoms. The van der Waals surface area contributed by atoms with Crippen LogP contribution in [0.15, 0.2) is 17.2 Å². The van der Waals surface area contributed by atoms with Crippen molar-refractivity contribution in [3.05, 3.63) is 23.5 Å². The van der Waals surface area contributed by atoms with Crippen molar-refractivity contribution in [2.45, 2.75) is 48.4 Å². The van der Waals surface area contributed by atoms with Crippen LogP contribution in [0.2, 0.25) is 0 Å². The molecule has 2 nitrogen and oxygen atoms in total. The van der Waals surface area contributed by atoms with Crippen LogP contribution >= 0.6 is 11.8 Å². The zero-order valence-electron chi connectivity index (χ0n) is 10.2. The third kappa shape index (κ3) is 3.41. The lowest BCUT2D eigenvalue weighted by molar-refractivity contribution is -0.139. The van der Waals surface area contributed by atoms with Gasteiger partial charge in [0.15, 0.2) is 5.69 Å². The van der Waals surface area contributed by atoms with Crippen LogP contribution in [0.4, 0.5) is 13.2 Å². The maximum absolute atomic E-state index is 13.0. The fourth-order valence-corrected chi connectivity index (χ4v) is 3.64. The molecule has 0 saturated heterocycles. The quantitative estimate of drug-likeness (QED) is 0.808. The predicted molar refractivity (Wildman–Crippen MR) is 66.7 cm³/mol. The Labute approximate surface area is 114 Å². The molecule has 0 atom stereocenters. The second-order valence-electron chi connectivity index (χ2n) is 4.52. The number of hydrogen-bond acceptors (Lipinski definition) is 3. The molecular weight excluding hydrogens is 273 g/mol. The fourth-order valence-electron chi connectivity index (χ4n) is 2.22. The maximum atomic E-state index is 13.0. The van der Waals surface area contributed by atoms with E-state index in [0.29, 0.717) is 0 Å². The fraction of sp³-hybridized carbons (Fsp3) is 0.538. The average Bonchev–Trinajstić information content (AvgIpc) is 2.39. The van der Waals surface area contributed by atoms with E-state index in [-0.39, 0.29) is 15.8 Å². The Morgan fingerprint density at radius 3 is 2.53 bits per heavy atom. The van der Waals surface area contributed by atoms with Gasteiger partial charge in [0.25, 0.3) is 0 Å². The number of nitrogens with zero attached hydrogens (tertiary/aromatic N) is 2. The van der Waals surface area contributed by atoms with Gasteiger partial charge in [-0.3, -0.25) is 0 Å². The minimum Gasteiger partial charge on any atom is -0.244 e. The largest absolute Gasteiger partial charge is 0.417 e. The van der Waals surface area contributed by atoms with Gasteiger partial charge in [0, 0.05) is 11.4 Å². The van der Waals surface area contributed by atoms with Crippen molar-refractivity contribution in [2.24, 2.45) is 0 Å². The number of hydrogen-bond donors (Lipinski definition) is 0. The van der Waals surface area contributed by atoms with Gasteiger partial charge in [-0.1, -0.05) is 19.3 Å². The van der Waals surface area contributed by atoms with E-state index in [2.05, 4.69) is 4.98 Å². The molecule has 0 N–H and O–H groups in total. The molecule has 0 aliphatic heterocycles. The highest BCUT2D eigenvalue weighted by Gasteiger charge is 2.35. The summed E-state index contributed by atoms with van der Waals surface area (Å²) in [5.41, 5.74) is -0.861. The molecule has 0 bridgehead atoms. The van der Waals surface area contributed by atoms with Gasteiger partial charge in [-0.25, -0.2) is 4.98 Å². The first kappa shape index (κ1) is 14.2. The first-order valence-corrected chi connectivity index (χ1v) is 7.03. The minimum atomic E-state index is -4.44. The number of rotatable bonds is 2. The van der Waals surface area contributed by atoms with Crippen LogP contribution in [0.1, 0.15) is 43.4 Å². The van der Waals surface area contributed by atoms with E-state index in [0.717, 1.165) is 56.1 Å². The van der Waals surface area contributed by atoms with E-state index in [9.17, 15) is 13.2 Å². The van der Waals surface area contributed by atoms with Gasteiger partial charge in [-0.2, -0.15) is 18.4 Å². The Kier molecular flexibility index (Phi) is 4.35. The molecule has 2 rings (SSSR count). The third-order valence-corrected chi connectivity index (χ3v) is 4.61. The molecule has 1 aromatic heterocycles. The van der Waals surface area contributed by atoms with Crippen molar-refractivity contribution < 1.29 is 13.2 Å². The summed E-state index contributed by atoms with van der Waals surface area (Å²) >= 11 is 1.16. The van der Waals surface area contributed by atoms with E-state index in [1.807, 2.05) is 0 Å². The van der Waals surface area contributed by atoms with Crippen molar-refractivity contribution in [2.75, 3.05) is 0 Å². The summed E-state index contributed by atoms with van der Waals surface area (Å²) in [6.07, 6.45) is 1.64. The Morgan fingerprint density at radius 1 is 1.26 bits per heavy atom. The summed E-state index contributed by atoms with van der Waals surface area (Å²) in [6, 6.07) is 2.72. The van der Waals surface area contributed by atoms with Crippen molar-refractivity contribution in [3.8, 4) is 6.07 Å². The summed E-state index contributed by atoms with van der Waals surface area (Å²) in [5.74, 6) is 0. The van der Waals surface area contributed by atoms with Gasteiger partial charge in [-0.05, 0) is 18.9 Å². The summed E-state index contributed by atoms with van der Waals surface area (Å²) < 4.78 is 38.9. The predicted octanol–water partition coefficient (Wildman–Crippen LogP) is 4.40. The zero-order valence-corrected chi connectivity index (χ0v) is 11.0. The molecule has 6 heteroatoms. The molecule has 0 unspecified atom stereocenters. The SMILES string of the molecule is N#Cc1nccc(C(F)(F)F)c1SC1CCCCC1. The summed E-state index contributed by atoms with van der Waals surface area (Å²) in [5, 5.41) is 9.10. The second kappa shape index (κ2) is 5.83. The zero-order chi connectivity index (χ0) is 13.9. The highest BCUT2D eigenvalue weighted by atomic mass is 32.2. The van der Waals surface area contributed by atoms with Crippen LogP contribution in [0.25, 0.3) is 0 Å². The summed E-state index contributed by atoms with van der Waals surface area (Å²) in [7, 11) is 0. The number of thioether (sulfide) groups is 1. The highest BCUT2D eigenvalue weighted by molar-refractivity contribution is 8.00. The molecule has 19 heavy (non-hydrogen) atoms. The molecule has 0 radical (unpaired) electrons. The third-order valence-electron chi connectivity index (χ3n) is 3.15. The molecule has 1 aliphatic rings. The first-order valence-electron chi connectivity index (χ1n) is 6.15. The van der Waals surface area contributed by atoms with E-state index in [4.69, 9.17) is 5.26 Å². The lowest BCUT2D eigenvalue weighted by atomic mass is 10.0. The van der Waals surface area contributed by atoms with E-state index in [1.165, 1.54) is 0 Å². The number of halogens is 3. The average molecular weight is 286 g/mol. The molecule has 1 heterocycles. The van der Waals surface area contributed by atoms with E-state index < -0.39 is 11.7 Å². The smallest absolute Gasteiger partial charge is 0.244 e. The van der Waals surface area contributed by atoms with Crippen LogP contribution in [-0.4, -0.2) is 10.2 Å². The molecule has 0 aromatic carbocycles. The van der Waals surface area contributed by atoms with Crippen LogP contribution < -0.4 is 0 Å². The van der Waals surface area contributed by atoms with Gasteiger partial charge in [0.2, 0.25) is 0 Å². The normalized spacial score (nSPS) is 17.2. The first-order chi connectivity index (χ1) is 9.02. The summed E-state index contributed by atoms with van der Waals surface area (Å²) in [6.45, 7) is 0. The Bertz CT molecular complexity index is 488. The highest BCUT2D eigenvalue weighted by Crippen LogP contribution is 2.42.